The fraction of sp³-hybridized carbons (Fsp3) is 0.774. The summed E-state index contributed by atoms with van der Waals surface area (Å²) in [5.41, 5.74) is 12.0. The molecule has 4 bridgehead atoms. The van der Waals surface area contributed by atoms with Crippen LogP contribution in [0.4, 0.5) is 0 Å². The first-order chi connectivity index (χ1) is 63.6. The summed E-state index contributed by atoms with van der Waals surface area (Å²) in [6.07, 6.45) is 25.4. The number of carbonyl (C=O) groups is 8. The van der Waals surface area contributed by atoms with E-state index in [-0.39, 0.29) is 131 Å². The number of fused-ring (bicyclic) bond motifs is 6. The molecular formula is C106H173N5O25. The number of allylic oxidation sites excluding steroid dienone is 10. The van der Waals surface area contributed by atoms with Gasteiger partial charge < -0.3 is 92.2 Å². The van der Waals surface area contributed by atoms with Crippen molar-refractivity contribution in [2.24, 2.45) is 76.1 Å². The third-order valence-electron chi connectivity index (χ3n) is 30.1. The highest BCUT2D eigenvalue weighted by Gasteiger charge is 2.56. The van der Waals surface area contributed by atoms with Gasteiger partial charge >= 0.3 is 11.9 Å². The van der Waals surface area contributed by atoms with Crippen LogP contribution in [0, 0.1) is 71.0 Å². The number of ether oxygens (including phenoxy) is 12. The number of hydrogen-bond donors (Lipinski definition) is 5. The van der Waals surface area contributed by atoms with E-state index < -0.39 is 162 Å². The molecule has 2 aliphatic carbocycles. The molecule has 0 aromatic carbocycles. The summed E-state index contributed by atoms with van der Waals surface area (Å²) in [5, 5.41) is 61.7. The third-order valence-corrected chi connectivity index (χ3v) is 30.1. The van der Waals surface area contributed by atoms with Gasteiger partial charge in [-0.1, -0.05) is 162 Å². The van der Waals surface area contributed by atoms with Gasteiger partial charge in [0.15, 0.2) is 11.6 Å². The first-order valence-corrected chi connectivity index (χ1v) is 49.3. The second-order valence-electron chi connectivity index (χ2n) is 40.2. The summed E-state index contributed by atoms with van der Waals surface area (Å²) in [6.45, 7) is 26.7. The monoisotopic (exact) mass is 1920 g/mol. The van der Waals surface area contributed by atoms with E-state index in [0.29, 0.717) is 127 Å². The molecule has 8 rings (SSSR count). The molecule has 772 valence electrons. The Balaban J connectivity index is 0.000000474. The maximum Gasteiger partial charge on any atom is 0.329 e. The van der Waals surface area contributed by atoms with Crippen LogP contribution in [0.5, 0.6) is 0 Å². The fourth-order valence-corrected chi connectivity index (χ4v) is 21.3. The van der Waals surface area contributed by atoms with Crippen LogP contribution < -0.4 is 0 Å². The predicted octanol–water partition coefficient (Wildman–Crippen LogP) is 15.8. The van der Waals surface area contributed by atoms with Crippen LogP contribution >= 0.6 is 0 Å². The maximum atomic E-state index is 14.6. The van der Waals surface area contributed by atoms with Crippen LogP contribution in [-0.2, 0) is 95.2 Å². The van der Waals surface area contributed by atoms with E-state index >= 15 is 0 Å². The van der Waals surface area contributed by atoms with Crippen molar-refractivity contribution in [3.63, 3.8) is 0 Å². The quantitative estimate of drug-likeness (QED) is 0.0254. The van der Waals surface area contributed by atoms with Gasteiger partial charge in [0.25, 0.3) is 23.4 Å². The van der Waals surface area contributed by atoms with Crippen LogP contribution in [0.15, 0.2) is 100 Å². The number of rotatable bonds is 15. The number of methoxy groups -OCH3 is 8. The molecule has 32 atom stereocenters. The van der Waals surface area contributed by atoms with E-state index in [4.69, 9.17) is 62.4 Å². The topological polar surface area (TPSA) is 404 Å². The van der Waals surface area contributed by atoms with Gasteiger partial charge in [0.2, 0.25) is 11.6 Å². The summed E-state index contributed by atoms with van der Waals surface area (Å²) in [5.74, 6) is -13.5. The second kappa shape index (κ2) is 57.9. The largest absolute Gasteiger partial charge is 0.460 e. The Hall–Kier alpha value is -6.81. The molecular weight excluding hydrogens is 1740 g/mol. The summed E-state index contributed by atoms with van der Waals surface area (Å²) < 4.78 is 71.9. The minimum absolute atomic E-state index is 0. The minimum Gasteiger partial charge on any atom is -0.460 e. The van der Waals surface area contributed by atoms with E-state index in [1.165, 1.54) is 24.0 Å². The lowest BCUT2D eigenvalue weighted by atomic mass is 9.77. The van der Waals surface area contributed by atoms with Gasteiger partial charge in [-0.05, 0) is 219 Å². The summed E-state index contributed by atoms with van der Waals surface area (Å²) >= 11 is 0. The SMILES string of the molecule is C.C.CO[C@H]1C[C@@H]2CC[C@@H](C)[C@@](O)(O2)C(=O)C(=O)N2CCCC[C@H]2C(=O)O[C@H]([C@H](C)C[C@@H]2CC[C@@H](O)[C@H](OC)C2)C[C@@H](OC)[C@H](C)/C=C(\C)[C@@H](O)[C@@H](OC)C(=O)[C@H](C)C[C@H](C)/C=C/C=C/C=C/1C.CO[C@H]1C[C@@H]2CC[C@@H](C)[C@@](O)(O2)C(=O)C(=O)N2CCCC[C@H]2C(=O)O[C@H]([C@H](C)C[C@@H]2CC[C@H](N=[N+]=[N-])[C@H](OC)C2)C[C@@H](OC)[C@H](C)/C=C(\C)[C@@H](O)[C@@H](OC)C(=O)[C@H](C)C[C@H](C)/C=C/C=C/C=C/1C. The first kappa shape index (κ1) is 120. The Morgan fingerprint density at radius 3 is 1.20 bits per heavy atom. The molecule has 0 aromatic heterocycles. The number of esters is 2. The summed E-state index contributed by atoms with van der Waals surface area (Å²) in [7, 11) is 12.4. The van der Waals surface area contributed by atoms with Gasteiger partial charge in [-0.3, -0.25) is 28.8 Å². The van der Waals surface area contributed by atoms with Gasteiger partial charge in [-0.2, -0.15) is 0 Å². The van der Waals surface area contributed by atoms with Gasteiger partial charge in [-0.15, -0.1) is 0 Å². The van der Waals surface area contributed by atoms with Crippen LogP contribution in [-0.4, -0.2) is 273 Å². The first-order valence-electron chi connectivity index (χ1n) is 49.3. The number of cyclic esters (lactones) is 2. The highest BCUT2D eigenvalue weighted by atomic mass is 16.6. The number of aliphatic hydroxyl groups is 5. The molecule has 2 saturated carbocycles. The predicted molar refractivity (Wildman–Crippen MR) is 522 cm³/mol. The van der Waals surface area contributed by atoms with E-state index in [1.54, 1.807) is 70.4 Å². The van der Waals surface area contributed by atoms with Crippen molar-refractivity contribution in [2.75, 3.05) is 70.0 Å². The molecule has 0 unspecified atom stereocenters. The standard InChI is InChI=1S/C52H82N4O12.C52H83NO13.2CH4/c1-31-17-13-12-14-18-32(2)42(63-8)29-39-22-20-37(7)52(62,68-39)49(59)50(60)56-24-16-15-19-41(56)51(61)67-44(34(4)27-38-21-23-40(54-55-53)45(28-38)65-10)30-43(64-9)33(3)26-36(6)47(58)48(66-11)46(57)35(5)25-31;1-31-17-13-12-14-18-32(2)42(61-8)29-39-22-20-37(7)52(60,66-39)49(57)50(58)53-24-16-15-19-40(53)51(59)65-44(34(4)27-38-21-23-41(54)45(28-38)63-10)30-43(62-9)33(3)26-36(6)47(56)48(64-11)46(55)35(5)25-31;;/h12-14,17-18,26,31,33-35,37-45,47-48,58,62H,15-16,19-25,27-30H2,1-11H3;12-14,17-18,26,31,33-35,37-45,47-48,54,56,60H,15-16,19-25,27-30H2,1-11H3;2*1H4/b2*14-12+,17-13+,32-18+,36-26+;;/t31-,33-,34-,35-,37-,38+,39+,40+,41+,42+,43-,44+,45-,47-,48+,52-;31-,33-,34-,35-,37-,38+,39+,40+,41-,42+,43-,44+,45-,47-,48+,52-;;/m11../s1. The molecule has 8 aliphatic rings. The molecule has 136 heavy (non-hydrogen) atoms. The normalized spacial score (nSPS) is 40.0. The Bertz CT molecular complexity index is 4100. The van der Waals surface area contributed by atoms with Crippen molar-refractivity contribution in [2.45, 2.75) is 387 Å². The Morgan fingerprint density at radius 1 is 0.449 bits per heavy atom. The molecule has 0 aromatic rings. The number of piperidine rings is 2. The molecule has 0 spiro atoms. The second-order valence-corrected chi connectivity index (χ2v) is 40.2. The van der Waals surface area contributed by atoms with Gasteiger partial charge in [-0.25, -0.2) is 9.59 Å². The number of amides is 2. The molecule has 4 saturated heterocycles. The van der Waals surface area contributed by atoms with Gasteiger partial charge in [0, 0.05) is 136 Å². The van der Waals surface area contributed by atoms with E-state index in [0.717, 1.165) is 24.0 Å². The lowest BCUT2D eigenvalue weighted by molar-refractivity contribution is -0.265. The van der Waals surface area contributed by atoms with Crippen LogP contribution in [0.3, 0.4) is 0 Å². The van der Waals surface area contributed by atoms with Crippen molar-refractivity contribution >= 4 is 46.9 Å². The highest BCUT2D eigenvalue weighted by molar-refractivity contribution is 6.39. The van der Waals surface area contributed by atoms with Crippen molar-refractivity contribution in [3.8, 4) is 0 Å². The summed E-state index contributed by atoms with van der Waals surface area (Å²) in [6, 6.07) is -2.43. The van der Waals surface area contributed by atoms with Gasteiger partial charge in [0.05, 0.1) is 61.0 Å². The zero-order valence-electron chi connectivity index (χ0n) is 84.3. The Labute approximate surface area is 812 Å². The number of aliphatic hydroxyl groups excluding tert-OH is 3. The molecule has 6 aliphatic heterocycles. The molecule has 6 fully saturated rings. The maximum absolute atomic E-state index is 14.6. The van der Waals surface area contributed by atoms with Crippen molar-refractivity contribution in [1.82, 2.24) is 9.80 Å². The zero-order chi connectivity index (χ0) is 99.2. The molecule has 5 N–H and O–H groups in total. The number of ketones is 4. The van der Waals surface area contributed by atoms with E-state index in [1.807, 2.05) is 142 Å². The van der Waals surface area contributed by atoms with Gasteiger partial charge in [0.1, 0.15) is 48.7 Å². The average Bonchev–Trinajstić information content (AvgIpc) is 0.773. The van der Waals surface area contributed by atoms with E-state index in [2.05, 4.69) is 10.0 Å². The van der Waals surface area contributed by atoms with Crippen LogP contribution in [0.1, 0.15) is 266 Å². The van der Waals surface area contributed by atoms with Crippen LogP contribution in [0.25, 0.3) is 10.4 Å². The fourth-order valence-electron chi connectivity index (χ4n) is 21.3. The third kappa shape index (κ3) is 32.9. The lowest BCUT2D eigenvalue weighted by Crippen LogP contribution is -2.61. The van der Waals surface area contributed by atoms with Crippen molar-refractivity contribution in [3.05, 3.63) is 106 Å². The zero-order valence-corrected chi connectivity index (χ0v) is 84.3. The summed E-state index contributed by atoms with van der Waals surface area (Å²) in [4.78, 5) is 119. The smallest absolute Gasteiger partial charge is 0.329 e. The van der Waals surface area contributed by atoms with Crippen molar-refractivity contribution < 1.29 is 121 Å². The van der Waals surface area contributed by atoms with E-state index in [9.17, 15) is 63.9 Å². The van der Waals surface area contributed by atoms with Crippen LogP contribution in [0.2, 0.25) is 0 Å². The molecule has 0 radical (unpaired) electrons. The number of Topliss-reactive ketones (excluding diaryl/α,β-unsaturated/α-hetero) is 4. The molecule has 2 amide bonds. The number of carbonyl (C=O) groups excluding carboxylic acids is 8. The lowest BCUT2D eigenvalue weighted by Gasteiger charge is -2.43. The Kier molecular flexibility index (Phi) is 51.0. The van der Waals surface area contributed by atoms with Crippen molar-refractivity contribution in [1.29, 1.82) is 0 Å². The molecule has 6 heterocycles. The number of azide groups is 1. The molecule has 30 heteroatoms. The Morgan fingerprint density at radius 2 is 0.831 bits per heavy atom. The number of nitrogens with zero attached hydrogens (tertiary/aromatic N) is 5. The minimum atomic E-state index is -2.41. The number of hydrogen-bond acceptors (Lipinski definition) is 26. The highest BCUT2D eigenvalue weighted by Crippen LogP contribution is 2.43. The average molecular weight is 1920 g/mol. The molecule has 30 nitrogen and oxygen atoms in total.